The lowest BCUT2D eigenvalue weighted by Gasteiger charge is -2.44. The number of hydrogen-bond acceptors (Lipinski definition) is 3. The van der Waals surface area contributed by atoms with E-state index in [2.05, 4.69) is 18.9 Å². The minimum Gasteiger partial charge on any atom is -0.381 e. The monoisotopic (exact) mass is 254 g/mol. The third-order valence-corrected chi connectivity index (χ3v) is 5.01. The standard InChI is InChI=1S/C15H30N2O/c1-3-8-15(12-16,14-4-5-14)17(2)11-13-6-9-18-10-7-13/h13-14H,3-12,16H2,1-2H3. The Bertz CT molecular complexity index is 249. The molecule has 1 atom stereocenters. The summed E-state index contributed by atoms with van der Waals surface area (Å²) in [6, 6.07) is 0. The molecule has 2 N–H and O–H groups in total. The summed E-state index contributed by atoms with van der Waals surface area (Å²) in [5.74, 6) is 1.66. The van der Waals surface area contributed by atoms with Crippen LogP contribution >= 0.6 is 0 Å². The van der Waals surface area contributed by atoms with Crippen LogP contribution in [-0.2, 0) is 4.74 Å². The Hall–Kier alpha value is -0.120. The van der Waals surface area contributed by atoms with Crippen LogP contribution in [0.2, 0.25) is 0 Å². The Morgan fingerprint density at radius 1 is 1.22 bits per heavy atom. The molecule has 3 nitrogen and oxygen atoms in total. The molecule has 1 unspecified atom stereocenters. The Labute approximate surface area is 112 Å². The quantitative estimate of drug-likeness (QED) is 0.757. The van der Waals surface area contributed by atoms with E-state index < -0.39 is 0 Å². The normalized spacial score (nSPS) is 25.3. The van der Waals surface area contributed by atoms with Gasteiger partial charge < -0.3 is 10.5 Å². The molecule has 0 aromatic carbocycles. The molecule has 0 bridgehead atoms. The van der Waals surface area contributed by atoms with Gasteiger partial charge >= 0.3 is 0 Å². The molecular formula is C15H30N2O. The van der Waals surface area contributed by atoms with E-state index in [-0.39, 0.29) is 5.54 Å². The van der Waals surface area contributed by atoms with Crippen LogP contribution in [0.5, 0.6) is 0 Å². The summed E-state index contributed by atoms with van der Waals surface area (Å²) in [7, 11) is 2.30. The first-order valence-corrected chi connectivity index (χ1v) is 7.72. The predicted octanol–water partition coefficient (Wildman–Crippen LogP) is 2.25. The molecule has 0 aromatic rings. The molecule has 0 aromatic heterocycles. The number of nitrogens with two attached hydrogens (primary N) is 1. The summed E-state index contributed by atoms with van der Waals surface area (Å²) < 4.78 is 5.46. The molecule has 1 heterocycles. The Morgan fingerprint density at radius 2 is 1.89 bits per heavy atom. The lowest BCUT2D eigenvalue weighted by molar-refractivity contribution is 0.0243. The maximum Gasteiger partial charge on any atom is 0.0469 e. The van der Waals surface area contributed by atoms with E-state index in [9.17, 15) is 0 Å². The van der Waals surface area contributed by atoms with Crippen molar-refractivity contribution in [1.82, 2.24) is 4.90 Å². The fourth-order valence-electron chi connectivity index (χ4n) is 3.68. The van der Waals surface area contributed by atoms with Gasteiger partial charge in [-0.25, -0.2) is 0 Å². The molecule has 0 spiro atoms. The van der Waals surface area contributed by atoms with Crippen molar-refractivity contribution in [1.29, 1.82) is 0 Å². The second kappa shape index (κ2) is 6.36. The van der Waals surface area contributed by atoms with Crippen LogP contribution in [0.4, 0.5) is 0 Å². The number of likely N-dealkylation sites (N-methyl/N-ethyl adjacent to an activating group) is 1. The van der Waals surface area contributed by atoms with Gasteiger partial charge in [-0.15, -0.1) is 0 Å². The molecule has 18 heavy (non-hydrogen) atoms. The van der Waals surface area contributed by atoms with Crippen molar-refractivity contribution < 1.29 is 4.74 Å². The summed E-state index contributed by atoms with van der Waals surface area (Å²) in [6.07, 6.45) is 7.72. The fraction of sp³-hybridized carbons (Fsp3) is 1.00. The zero-order chi connectivity index (χ0) is 13.0. The van der Waals surface area contributed by atoms with Crippen LogP contribution in [0.15, 0.2) is 0 Å². The molecule has 2 rings (SSSR count). The van der Waals surface area contributed by atoms with Gasteiger partial charge in [0.15, 0.2) is 0 Å². The molecule has 3 heteroatoms. The average Bonchev–Trinajstić information content (AvgIpc) is 3.21. The van der Waals surface area contributed by atoms with E-state index >= 15 is 0 Å². The van der Waals surface area contributed by atoms with Crippen LogP contribution in [0, 0.1) is 11.8 Å². The first-order chi connectivity index (χ1) is 8.73. The third-order valence-electron chi connectivity index (χ3n) is 5.01. The summed E-state index contributed by atoms with van der Waals surface area (Å²) >= 11 is 0. The second-order valence-corrected chi connectivity index (χ2v) is 6.27. The molecule has 1 saturated carbocycles. The van der Waals surface area contributed by atoms with Crippen molar-refractivity contribution >= 4 is 0 Å². The first kappa shape index (κ1) is 14.3. The zero-order valence-corrected chi connectivity index (χ0v) is 12.2. The van der Waals surface area contributed by atoms with Crippen molar-refractivity contribution in [2.24, 2.45) is 17.6 Å². The summed E-state index contributed by atoms with van der Waals surface area (Å²) in [4.78, 5) is 2.60. The smallest absolute Gasteiger partial charge is 0.0469 e. The molecular weight excluding hydrogens is 224 g/mol. The molecule has 106 valence electrons. The fourth-order valence-corrected chi connectivity index (χ4v) is 3.68. The number of ether oxygens (including phenoxy) is 1. The molecule has 1 aliphatic carbocycles. The van der Waals surface area contributed by atoms with Crippen molar-refractivity contribution in [3.8, 4) is 0 Å². The maximum atomic E-state index is 6.17. The summed E-state index contributed by atoms with van der Waals surface area (Å²) in [5, 5.41) is 0. The lowest BCUT2D eigenvalue weighted by atomic mass is 9.85. The van der Waals surface area contributed by atoms with Crippen LogP contribution in [0.3, 0.4) is 0 Å². The highest BCUT2D eigenvalue weighted by atomic mass is 16.5. The topological polar surface area (TPSA) is 38.5 Å². The number of rotatable bonds is 7. The first-order valence-electron chi connectivity index (χ1n) is 7.72. The Balaban J connectivity index is 1.95. The van der Waals surface area contributed by atoms with E-state index in [1.54, 1.807) is 0 Å². The lowest BCUT2D eigenvalue weighted by Crippen LogP contribution is -2.55. The van der Waals surface area contributed by atoms with Gasteiger partial charge in [-0.2, -0.15) is 0 Å². The van der Waals surface area contributed by atoms with Crippen LogP contribution in [0.1, 0.15) is 45.4 Å². The minimum atomic E-state index is 0.285. The molecule has 0 amide bonds. The van der Waals surface area contributed by atoms with E-state index in [4.69, 9.17) is 10.5 Å². The summed E-state index contributed by atoms with van der Waals surface area (Å²) in [5.41, 5.74) is 6.46. The Kier molecular flexibility index (Phi) is 5.05. The minimum absolute atomic E-state index is 0.285. The van der Waals surface area contributed by atoms with Crippen LogP contribution in [0.25, 0.3) is 0 Å². The van der Waals surface area contributed by atoms with Gasteiger partial charge in [0.05, 0.1) is 0 Å². The molecule has 2 fully saturated rings. The van der Waals surface area contributed by atoms with Gasteiger partial charge in [-0.05, 0) is 51.0 Å². The van der Waals surface area contributed by atoms with Gasteiger partial charge in [0.2, 0.25) is 0 Å². The second-order valence-electron chi connectivity index (χ2n) is 6.27. The molecule has 2 aliphatic rings. The largest absolute Gasteiger partial charge is 0.381 e. The third kappa shape index (κ3) is 3.06. The maximum absolute atomic E-state index is 6.17. The van der Waals surface area contributed by atoms with Crippen LogP contribution < -0.4 is 5.73 Å². The molecule has 0 radical (unpaired) electrons. The van der Waals surface area contributed by atoms with Crippen molar-refractivity contribution in [2.45, 2.75) is 51.0 Å². The van der Waals surface area contributed by atoms with Crippen molar-refractivity contribution in [3.05, 3.63) is 0 Å². The predicted molar refractivity (Wildman–Crippen MR) is 75.6 cm³/mol. The van der Waals surface area contributed by atoms with Crippen molar-refractivity contribution in [2.75, 3.05) is 33.4 Å². The van der Waals surface area contributed by atoms with Gasteiger partial charge in [-0.1, -0.05) is 13.3 Å². The highest BCUT2D eigenvalue weighted by molar-refractivity contribution is 5.02. The summed E-state index contributed by atoms with van der Waals surface area (Å²) in [6.45, 7) is 6.22. The zero-order valence-electron chi connectivity index (χ0n) is 12.2. The number of hydrogen-bond donors (Lipinski definition) is 1. The van der Waals surface area contributed by atoms with Crippen LogP contribution in [-0.4, -0.2) is 43.8 Å². The Morgan fingerprint density at radius 3 is 2.39 bits per heavy atom. The van der Waals surface area contributed by atoms with Crippen molar-refractivity contribution in [3.63, 3.8) is 0 Å². The van der Waals surface area contributed by atoms with Gasteiger partial charge in [0, 0.05) is 31.8 Å². The van der Waals surface area contributed by atoms with Gasteiger partial charge in [0.25, 0.3) is 0 Å². The molecule has 1 saturated heterocycles. The highest BCUT2D eigenvalue weighted by Gasteiger charge is 2.46. The van der Waals surface area contributed by atoms with Gasteiger partial charge in [0.1, 0.15) is 0 Å². The van der Waals surface area contributed by atoms with Gasteiger partial charge in [-0.3, -0.25) is 4.90 Å². The van der Waals surface area contributed by atoms with E-state index in [1.165, 1.54) is 45.1 Å². The SMILES string of the molecule is CCCC(CN)(C1CC1)N(C)CC1CCOCC1. The average molecular weight is 254 g/mol. The molecule has 1 aliphatic heterocycles. The van der Waals surface area contributed by atoms with E-state index in [0.717, 1.165) is 31.6 Å². The van der Waals surface area contributed by atoms with E-state index in [0.29, 0.717) is 0 Å². The highest BCUT2D eigenvalue weighted by Crippen LogP contribution is 2.45. The van der Waals surface area contributed by atoms with E-state index in [1.807, 2.05) is 0 Å². The number of nitrogens with zero attached hydrogens (tertiary/aromatic N) is 1.